The molecule has 12 heteroatoms. The average Bonchev–Trinajstić information content (AvgIpc) is 1.57. The standard InChI is InChI=1S/C58H34N4S2.C56H35N5S/c1-3-15-35(16-4-1)48-32-49(36-17-5-2-6-18-36)60-58(59-48)37-27-38(61-50-23-11-7-19-40(50)44-30-46-42-21-9-13-25-54(42)63-56(46)33-52(44)61)29-39(28-37)62-51-24-12-8-20-41(51)45-31-47-43-22-10-14-26-55(43)64-57(47)34-53(45)62;1-5-17-36(18-6-1)47-33-48(37-19-7-2-8-20-37)58-55(57-47)40-29-41(56-59-49(38-21-9-3-10-22-38)34-50(60-56)39-23-11-4-12-24-39)31-42(30-40)61-51-27-15-13-25-43(51)45-32-46-44-26-14-16-28-53(44)62-54(46)35-52(45)61/h1-34H;1-35H. The van der Waals surface area contributed by atoms with Crippen molar-refractivity contribution in [3.8, 4) is 119 Å². The van der Waals surface area contributed by atoms with Gasteiger partial charge in [0, 0.05) is 160 Å². The van der Waals surface area contributed by atoms with Crippen LogP contribution >= 0.6 is 34.0 Å². The lowest BCUT2D eigenvalue weighted by Gasteiger charge is -2.16. The van der Waals surface area contributed by atoms with Gasteiger partial charge in [-0.1, -0.05) is 291 Å². The molecule has 0 aliphatic heterocycles. The van der Waals surface area contributed by atoms with Gasteiger partial charge in [0.25, 0.3) is 0 Å². The molecule has 0 bridgehead atoms. The Labute approximate surface area is 735 Å². The van der Waals surface area contributed by atoms with Gasteiger partial charge in [-0.25, -0.2) is 29.9 Å². The Morgan fingerprint density at radius 3 is 0.635 bits per heavy atom. The molecule has 0 saturated heterocycles. The Bertz CT molecular complexity index is 8310. The lowest BCUT2D eigenvalue weighted by Crippen LogP contribution is -2.02. The number of thiophene rings is 3. The third kappa shape index (κ3) is 12.6. The minimum Gasteiger partial charge on any atom is -0.309 e. The van der Waals surface area contributed by atoms with E-state index in [1.54, 1.807) is 0 Å². The lowest BCUT2D eigenvalue weighted by atomic mass is 10.0. The van der Waals surface area contributed by atoms with Crippen molar-refractivity contribution in [2.75, 3.05) is 0 Å². The fourth-order valence-electron chi connectivity index (χ4n) is 18.6. The fraction of sp³-hybridized carbons (Fsp3) is 0. The molecule has 0 fully saturated rings. The van der Waals surface area contributed by atoms with E-state index in [4.69, 9.17) is 29.9 Å². The first-order chi connectivity index (χ1) is 62.4. The summed E-state index contributed by atoms with van der Waals surface area (Å²) in [6, 6.07) is 149. The molecule has 0 atom stereocenters. The highest BCUT2D eigenvalue weighted by Crippen LogP contribution is 2.48. The van der Waals surface area contributed by atoms with Gasteiger partial charge in [0.2, 0.25) is 0 Å². The third-order valence-electron chi connectivity index (χ3n) is 24.5. The van der Waals surface area contributed by atoms with Gasteiger partial charge < -0.3 is 13.7 Å². The summed E-state index contributed by atoms with van der Waals surface area (Å²) in [5, 5.41) is 15.0. The summed E-state index contributed by atoms with van der Waals surface area (Å²) >= 11 is 5.55. The highest BCUT2D eigenvalue weighted by molar-refractivity contribution is 7.26. The number of rotatable bonds is 12. The zero-order valence-electron chi connectivity index (χ0n) is 67.6. The third-order valence-corrected chi connectivity index (χ3v) is 27.9. The highest BCUT2D eigenvalue weighted by atomic mass is 32.1. The maximum Gasteiger partial charge on any atom is 0.160 e. The van der Waals surface area contributed by atoms with Crippen LogP contribution < -0.4 is 0 Å². The number of hydrogen-bond donors (Lipinski definition) is 0. The smallest absolute Gasteiger partial charge is 0.160 e. The van der Waals surface area contributed by atoms with Crippen LogP contribution in [0.4, 0.5) is 0 Å². The number of fused-ring (bicyclic) bond motifs is 18. The number of nitrogens with zero attached hydrogens (tertiary/aromatic N) is 9. The van der Waals surface area contributed by atoms with Gasteiger partial charge in [-0.15, -0.1) is 34.0 Å². The Kier molecular flexibility index (Phi) is 17.3. The summed E-state index contributed by atoms with van der Waals surface area (Å²) in [6.07, 6.45) is 0. The minimum absolute atomic E-state index is 0.614. The Morgan fingerprint density at radius 1 is 0.143 bits per heavy atom. The quantitative estimate of drug-likeness (QED) is 0.121. The average molecular weight is 1660 g/mol. The first-order valence-corrected chi connectivity index (χ1v) is 44.7. The van der Waals surface area contributed by atoms with Crippen LogP contribution in [0.25, 0.3) is 245 Å². The summed E-state index contributed by atoms with van der Waals surface area (Å²) in [4.78, 5) is 32.1. The normalized spacial score (nSPS) is 11.8. The number of para-hydroxylation sites is 3. The molecular weight excluding hydrogens is 1590 g/mol. The summed E-state index contributed by atoms with van der Waals surface area (Å²) < 4.78 is 15.0. The molecule has 0 N–H and O–H groups in total. The molecule has 0 amide bonds. The molecule has 9 heterocycles. The maximum atomic E-state index is 5.40. The number of benzene rings is 17. The molecule has 0 aliphatic rings. The summed E-state index contributed by atoms with van der Waals surface area (Å²) in [6.45, 7) is 0. The van der Waals surface area contributed by atoms with Crippen molar-refractivity contribution in [3.05, 3.63) is 419 Å². The van der Waals surface area contributed by atoms with Gasteiger partial charge in [0.05, 0.1) is 67.3 Å². The van der Waals surface area contributed by atoms with Crippen LogP contribution in [-0.2, 0) is 0 Å². The molecule has 126 heavy (non-hydrogen) atoms. The van der Waals surface area contributed by atoms with Crippen LogP contribution in [0.5, 0.6) is 0 Å². The predicted molar refractivity (Wildman–Crippen MR) is 530 cm³/mol. The van der Waals surface area contributed by atoms with Crippen LogP contribution in [0, 0.1) is 0 Å². The van der Waals surface area contributed by atoms with Gasteiger partial charge in [0.1, 0.15) is 0 Å². The maximum absolute atomic E-state index is 5.40. The molecule has 0 aliphatic carbocycles. The highest BCUT2D eigenvalue weighted by Gasteiger charge is 2.25. The minimum atomic E-state index is 0.614. The van der Waals surface area contributed by atoms with Crippen molar-refractivity contribution >= 4 is 160 Å². The van der Waals surface area contributed by atoms with Gasteiger partial charge >= 0.3 is 0 Å². The number of aromatic nitrogens is 9. The topological polar surface area (TPSA) is 92.1 Å². The van der Waals surface area contributed by atoms with Crippen molar-refractivity contribution in [1.82, 2.24) is 43.6 Å². The fourth-order valence-corrected chi connectivity index (χ4v) is 22.0. The molecule has 9 nitrogen and oxygen atoms in total. The van der Waals surface area contributed by atoms with E-state index in [2.05, 4.69) is 408 Å². The van der Waals surface area contributed by atoms with E-state index in [1.807, 2.05) is 58.3 Å². The van der Waals surface area contributed by atoms with Crippen LogP contribution in [0.3, 0.4) is 0 Å². The van der Waals surface area contributed by atoms with Crippen molar-refractivity contribution < 1.29 is 0 Å². The van der Waals surface area contributed by atoms with Crippen molar-refractivity contribution in [1.29, 1.82) is 0 Å². The molecule has 9 aromatic heterocycles. The van der Waals surface area contributed by atoms with Crippen LogP contribution in [0.2, 0.25) is 0 Å². The monoisotopic (exact) mass is 1660 g/mol. The largest absolute Gasteiger partial charge is 0.309 e. The van der Waals surface area contributed by atoms with E-state index < -0.39 is 0 Å². The summed E-state index contributed by atoms with van der Waals surface area (Å²) in [5.74, 6) is 1.90. The molecule has 26 rings (SSSR count). The van der Waals surface area contributed by atoms with E-state index >= 15 is 0 Å². The van der Waals surface area contributed by atoms with Gasteiger partial charge in [-0.05, 0) is 127 Å². The zero-order chi connectivity index (χ0) is 82.9. The molecule has 0 saturated carbocycles. The van der Waals surface area contributed by atoms with Crippen LogP contribution in [0.15, 0.2) is 419 Å². The molecular formula is C114H69N9S3. The number of hydrogen-bond acceptors (Lipinski definition) is 9. The van der Waals surface area contributed by atoms with Gasteiger partial charge in [-0.2, -0.15) is 0 Å². The van der Waals surface area contributed by atoms with E-state index in [-0.39, 0.29) is 0 Å². The molecule has 17 aromatic carbocycles. The van der Waals surface area contributed by atoms with E-state index in [1.165, 1.54) is 104 Å². The Hall–Kier alpha value is -16.0. The lowest BCUT2D eigenvalue weighted by molar-refractivity contribution is 1.12. The van der Waals surface area contributed by atoms with Crippen LogP contribution in [-0.4, -0.2) is 43.6 Å². The molecule has 26 aromatic rings. The van der Waals surface area contributed by atoms with E-state index in [0.717, 1.165) is 123 Å². The second kappa shape index (κ2) is 30.0. The van der Waals surface area contributed by atoms with Crippen molar-refractivity contribution in [2.45, 2.75) is 0 Å². The Balaban J connectivity index is 0.000000137. The SMILES string of the molecule is c1ccc(-c2cc(-c3ccccc3)nc(-c3cc(-c4nc(-c5ccccc5)cc(-c5ccccc5)n4)cc(-n4c5ccccc5c5cc6c(cc54)sc4ccccc46)c3)n2)cc1.c1ccc(-c2cc(-c3ccccc3)nc(-c3cc(-n4c5ccccc5c5cc6c(cc54)sc4ccccc46)cc(-n4c5ccccc5c5cc6c(cc54)sc4ccccc46)c3)n2)cc1. The molecule has 0 unspecified atom stereocenters. The summed E-state index contributed by atoms with van der Waals surface area (Å²) in [5.41, 5.74) is 23.9. The van der Waals surface area contributed by atoms with E-state index in [9.17, 15) is 0 Å². The first kappa shape index (κ1) is 72.8. The predicted octanol–water partition coefficient (Wildman–Crippen LogP) is 31.1. The second-order valence-corrected chi connectivity index (χ2v) is 35.3. The van der Waals surface area contributed by atoms with Crippen molar-refractivity contribution in [3.63, 3.8) is 0 Å². The molecule has 588 valence electrons. The Morgan fingerprint density at radius 2 is 0.365 bits per heavy atom. The molecule has 0 radical (unpaired) electrons. The van der Waals surface area contributed by atoms with Crippen molar-refractivity contribution in [2.24, 2.45) is 0 Å². The van der Waals surface area contributed by atoms with Gasteiger partial charge in [0.15, 0.2) is 17.5 Å². The summed E-state index contributed by atoms with van der Waals surface area (Å²) in [7, 11) is 0. The van der Waals surface area contributed by atoms with E-state index in [0.29, 0.717) is 17.5 Å². The zero-order valence-corrected chi connectivity index (χ0v) is 70.0. The first-order valence-electron chi connectivity index (χ1n) is 42.3. The molecule has 0 spiro atoms. The van der Waals surface area contributed by atoms with Crippen LogP contribution in [0.1, 0.15) is 0 Å². The second-order valence-electron chi connectivity index (χ2n) is 32.0. The van der Waals surface area contributed by atoms with Gasteiger partial charge in [-0.3, -0.25) is 0 Å².